The highest BCUT2D eigenvalue weighted by molar-refractivity contribution is 7.88. The molecule has 138 valence electrons. The Kier molecular flexibility index (Phi) is 6.03. The summed E-state index contributed by atoms with van der Waals surface area (Å²) < 4.78 is 32.5. The molecule has 1 N–H and O–H groups in total. The minimum atomic E-state index is -3.56. The van der Waals surface area contributed by atoms with Crippen LogP contribution in [0.2, 0.25) is 0 Å². The van der Waals surface area contributed by atoms with Crippen LogP contribution in [0.3, 0.4) is 0 Å². The summed E-state index contributed by atoms with van der Waals surface area (Å²) in [6.07, 6.45) is -0.185. The number of carbonyl (C=O) groups is 1. The Hall–Kier alpha value is -2.22. The second-order valence-electron chi connectivity index (χ2n) is 6.18. The van der Waals surface area contributed by atoms with E-state index in [1.54, 1.807) is 29.2 Å². The van der Waals surface area contributed by atoms with Gasteiger partial charge in [0.25, 0.3) is 0 Å². The van der Waals surface area contributed by atoms with Crippen LogP contribution in [-0.2, 0) is 25.3 Å². The second-order valence-corrected chi connectivity index (χ2v) is 7.98. The van der Waals surface area contributed by atoms with Gasteiger partial charge >= 0.3 is 0 Å². The molecule has 0 aliphatic carbocycles. The quantitative estimate of drug-likeness (QED) is 0.835. The third kappa shape index (κ3) is 5.14. The van der Waals surface area contributed by atoms with Crippen molar-refractivity contribution in [1.82, 2.24) is 9.62 Å². The predicted octanol–water partition coefficient (Wildman–Crippen LogP) is 1.71. The van der Waals surface area contributed by atoms with Crippen molar-refractivity contribution in [2.45, 2.75) is 11.9 Å². The Morgan fingerprint density at radius 3 is 2.42 bits per heavy atom. The number of nitrogens with one attached hydrogen (secondary N) is 1. The molecule has 1 amide bonds. The molecule has 2 aromatic rings. The summed E-state index contributed by atoms with van der Waals surface area (Å²) in [6.45, 7) is 1.07. The van der Waals surface area contributed by atoms with E-state index in [-0.39, 0.29) is 24.3 Å². The highest BCUT2D eigenvalue weighted by Gasteiger charge is 2.26. The lowest BCUT2D eigenvalue weighted by molar-refractivity contribution is -0.137. The maximum absolute atomic E-state index is 12.4. The molecular weight excluding hydrogens is 352 g/mol. The zero-order chi connectivity index (χ0) is 18.4. The molecular formula is C19H22N2O4S. The first kappa shape index (κ1) is 18.6. The van der Waals surface area contributed by atoms with Crippen molar-refractivity contribution >= 4 is 15.9 Å². The first-order valence-electron chi connectivity index (χ1n) is 8.49. The molecule has 1 saturated heterocycles. The van der Waals surface area contributed by atoms with Crippen LogP contribution in [0.5, 0.6) is 0 Å². The number of benzene rings is 2. The van der Waals surface area contributed by atoms with Gasteiger partial charge in [-0.15, -0.1) is 0 Å². The minimum Gasteiger partial charge on any atom is -0.370 e. The zero-order valence-electron chi connectivity index (χ0n) is 14.4. The molecule has 0 unspecified atom stereocenters. The van der Waals surface area contributed by atoms with Crippen molar-refractivity contribution in [2.24, 2.45) is 0 Å². The van der Waals surface area contributed by atoms with Crippen LogP contribution in [0.15, 0.2) is 60.7 Å². The van der Waals surface area contributed by atoms with Gasteiger partial charge in [0.15, 0.2) is 0 Å². The molecule has 0 spiro atoms. The standard InChI is InChI=1S/C19H22N2O4S/c22-19(13-20-26(23,24)15-16-7-3-1-4-8-16)21-11-12-25-18(14-21)17-9-5-2-6-10-17/h1-10,18,20H,11-15H2/t18-/m1/s1. The number of carbonyl (C=O) groups excluding carboxylic acids is 1. The molecule has 3 rings (SSSR count). The Morgan fingerprint density at radius 2 is 1.73 bits per heavy atom. The Morgan fingerprint density at radius 1 is 1.08 bits per heavy atom. The molecule has 1 heterocycles. The number of hydrogen-bond donors (Lipinski definition) is 1. The Balaban J connectivity index is 1.54. The molecule has 0 bridgehead atoms. The fourth-order valence-electron chi connectivity index (χ4n) is 2.87. The van der Waals surface area contributed by atoms with E-state index < -0.39 is 10.0 Å². The minimum absolute atomic E-state index is 0.142. The van der Waals surface area contributed by atoms with E-state index in [1.165, 1.54) is 0 Å². The lowest BCUT2D eigenvalue weighted by Crippen LogP contribution is -2.46. The third-order valence-electron chi connectivity index (χ3n) is 4.23. The zero-order valence-corrected chi connectivity index (χ0v) is 15.2. The van der Waals surface area contributed by atoms with Gasteiger partial charge in [0.2, 0.25) is 15.9 Å². The smallest absolute Gasteiger partial charge is 0.237 e. The number of sulfonamides is 1. The summed E-state index contributed by atoms with van der Waals surface area (Å²) in [6, 6.07) is 18.6. The topological polar surface area (TPSA) is 75.7 Å². The van der Waals surface area contributed by atoms with Gasteiger partial charge in [-0.1, -0.05) is 60.7 Å². The van der Waals surface area contributed by atoms with E-state index in [0.717, 1.165) is 5.56 Å². The maximum atomic E-state index is 12.4. The normalized spacial score (nSPS) is 17.8. The van der Waals surface area contributed by atoms with E-state index in [0.29, 0.717) is 25.3 Å². The van der Waals surface area contributed by atoms with Crippen LogP contribution in [0.1, 0.15) is 17.2 Å². The van der Waals surface area contributed by atoms with Crippen molar-refractivity contribution in [3.63, 3.8) is 0 Å². The average Bonchev–Trinajstić information content (AvgIpc) is 2.67. The highest BCUT2D eigenvalue weighted by atomic mass is 32.2. The average molecular weight is 374 g/mol. The van der Waals surface area contributed by atoms with E-state index >= 15 is 0 Å². The molecule has 26 heavy (non-hydrogen) atoms. The molecule has 0 radical (unpaired) electrons. The monoisotopic (exact) mass is 374 g/mol. The number of amides is 1. The molecule has 1 aliphatic heterocycles. The number of nitrogens with zero attached hydrogens (tertiary/aromatic N) is 1. The summed E-state index contributed by atoms with van der Waals surface area (Å²) in [7, 11) is -3.56. The largest absolute Gasteiger partial charge is 0.370 e. The first-order valence-corrected chi connectivity index (χ1v) is 10.1. The summed E-state index contributed by atoms with van der Waals surface area (Å²) >= 11 is 0. The van der Waals surface area contributed by atoms with Crippen LogP contribution in [0, 0.1) is 0 Å². The summed E-state index contributed by atoms with van der Waals surface area (Å²) in [5, 5.41) is 0. The molecule has 1 aliphatic rings. The summed E-state index contributed by atoms with van der Waals surface area (Å²) in [5.74, 6) is -0.387. The summed E-state index contributed by atoms with van der Waals surface area (Å²) in [5.41, 5.74) is 1.69. The number of morpholine rings is 1. The van der Waals surface area contributed by atoms with Crippen molar-refractivity contribution < 1.29 is 17.9 Å². The van der Waals surface area contributed by atoms with Crippen LogP contribution in [-0.4, -0.2) is 45.5 Å². The van der Waals surface area contributed by atoms with Crippen molar-refractivity contribution in [1.29, 1.82) is 0 Å². The van der Waals surface area contributed by atoms with Gasteiger partial charge in [0.05, 0.1) is 25.4 Å². The van der Waals surface area contributed by atoms with Crippen molar-refractivity contribution in [3.05, 3.63) is 71.8 Å². The van der Waals surface area contributed by atoms with E-state index in [9.17, 15) is 13.2 Å². The predicted molar refractivity (Wildman–Crippen MR) is 98.8 cm³/mol. The lowest BCUT2D eigenvalue weighted by atomic mass is 10.1. The van der Waals surface area contributed by atoms with Crippen LogP contribution >= 0.6 is 0 Å². The van der Waals surface area contributed by atoms with E-state index in [1.807, 2.05) is 36.4 Å². The molecule has 1 fully saturated rings. The van der Waals surface area contributed by atoms with Crippen molar-refractivity contribution in [2.75, 3.05) is 26.2 Å². The molecule has 6 nitrogen and oxygen atoms in total. The third-order valence-corrected chi connectivity index (χ3v) is 5.53. The van der Waals surface area contributed by atoms with E-state index in [4.69, 9.17) is 4.74 Å². The van der Waals surface area contributed by atoms with E-state index in [2.05, 4.69) is 4.72 Å². The lowest BCUT2D eigenvalue weighted by Gasteiger charge is -2.33. The Bertz CT molecular complexity index is 825. The first-order chi connectivity index (χ1) is 12.5. The molecule has 1 atom stereocenters. The molecule has 2 aromatic carbocycles. The van der Waals surface area contributed by atoms with Gasteiger partial charge < -0.3 is 9.64 Å². The SMILES string of the molecule is O=C(CNS(=O)(=O)Cc1ccccc1)N1CCO[C@@H](c2ccccc2)C1. The van der Waals surface area contributed by atoms with Gasteiger partial charge in [0.1, 0.15) is 6.10 Å². The van der Waals surface area contributed by atoms with Gasteiger partial charge in [-0.2, -0.15) is 0 Å². The van der Waals surface area contributed by atoms with Crippen molar-refractivity contribution in [3.8, 4) is 0 Å². The second kappa shape index (κ2) is 8.44. The summed E-state index contributed by atoms with van der Waals surface area (Å²) in [4.78, 5) is 14.1. The van der Waals surface area contributed by atoms with Gasteiger partial charge in [0, 0.05) is 6.54 Å². The molecule has 0 aromatic heterocycles. The van der Waals surface area contributed by atoms with Gasteiger partial charge in [-0.05, 0) is 11.1 Å². The van der Waals surface area contributed by atoms with Gasteiger partial charge in [-0.25, -0.2) is 13.1 Å². The maximum Gasteiger partial charge on any atom is 0.237 e. The van der Waals surface area contributed by atoms with Crippen LogP contribution in [0.4, 0.5) is 0 Å². The molecule has 0 saturated carbocycles. The Labute approximate surface area is 153 Å². The number of ether oxygens (including phenoxy) is 1. The fraction of sp³-hybridized carbons (Fsp3) is 0.316. The number of hydrogen-bond acceptors (Lipinski definition) is 4. The highest BCUT2D eigenvalue weighted by Crippen LogP contribution is 2.21. The van der Waals surface area contributed by atoms with Gasteiger partial charge in [-0.3, -0.25) is 4.79 Å². The number of rotatable bonds is 6. The fourth-order valence-corrected chi connectivity index (χ4v) is 3.95. The molecule has 7 heteroatoms. The van der Waals surface area contributed by atoms with Crippen LogP contribution < -0.4 is 4.72 Å². The van der Waals surface area contributed by atoms with Crippen LogP contribution in [0.25, 0.3) is 0 Å².